The van der Waals surface area contributed by atoms with Crippen LogP contribution < -0.4 is 5.32 Å². The quantitative estimate of drug-likeness (QED) is 0.877. The van der Waals surface area contributed by atoms with E-state index in [4.69, 9.17) is 4.74 Å². The Balaban J connectivity index is 1.32. The van der Waals surface area contributed by atoms with E-state index in [9.17, 15) is 4.79 Å². The van der Waals surface area contributed by atoms with Crippen LogP contribution in [0.3, 0.4) is 0 Å². The molecular formula is C18H26N2O2. The maximum atomic E-state index is 12.1. The van der Waals surface area contributed by atoms with Gasteiger partial charge in [0, 0.05) is 25.6 Å². The summed E-state index contributed by atoms with van der Waals surface area (Å²) < 4.78 is 5.80. The van der Waals surface area contributed by atoms with Crippen LogP contribution >= 0.6 is 0 Å². The van der Waals surface area contributed by atoms with Crippen LogP contribution in [-0.4, -0.2) is 37.2 Å². The van der Waals surface area contributed by atoms with Crippen LogP contribution in [0.15, 0.2) is 30.3 Å². The summed E-state index contributed by atoms with van der Waals surface area (Å²) in [5, 5.41) is 3.08. The SMILES string of the molecule is O=C(NCC1CCC1)N1CCC(COCc2ccccc2)C1. The van der Waals surface area contributed by atoms with E-state index in [0.29, 0.717) is 12.5 Å². The molecule has 1 aromatic carbocycles. The van der Waals surface area contributed by atoms with Crippen molar-refractivity contribution in [2.75, 3.05) is 26.2 Å². The van der Waals surface area contributed by atoms with Crippen molar-refractivity contribution in [1.82, 2.24) is 10.2 Å². The molecule has 4 nitrogen and oxygen atoms in total. The first-order chi connectivity index (χ1) is 10.8. The average Bonchev–Trinajstić information content (AvgIpc) is 2.95. The van der Waals surface area contributed by atoms with Crippen LogP contribution in [0.25, 0.3) is 0 Å². The van der Waals surface area contributed by atoms with Crippen LogP contribution in [0.2, 0.25) is 0 Å². The second-order valence-corrected chi connectivity index (χ2v) is 6.58. The lowest BCUT2D eigenvalue weighted by Gasteiger charge is -2.26. The number of carbonyl (C=O) groups excluding carboxylic acids is 1. The minimum absolute atomic E-state index is 0.109. The fraction of sp³-hybridized carbons (Fsp3) is 0.611. The van der Waals surface area contributed by atoms with Crippen molar-refractivity contribution in [2.24, 2.45) is 11.8 Å². The summed E-state index contributed by atoms with van der Waals surface area (Å²) in [4.78, 5) is 14.0. The van der Waals surface area contributed by atoms with Crippen molar-refractivity contribution in [3.63, 3.8) is 0 Å². The summed E-state index contributed by atoms with van der Waals surface area (Å²) in [5.41, 5.74) is 1.20. The summed E-state index contributed by atoms with van der Waals surface area (Å²) in [6.45, 7) is 3.93. The molecule has 1 N–H and O–H groups in total. The van der Waals surface area contributed by atoms with E-state index >= 15 is 0 Å². The topological polar surface area (TPSA) is 41.6 Å². The molecule has 1 unspecified atom stereocenters. The van der Waals surface area contributed by atoms with E-state index in [-0.39, 0.29) is 6.03 Å². The third-order valence-electron chi connectivity index (χ3n) is 4.80. The van der Waals surface area contributed by atoms with Gasteiger partial charge in [-0.25, -0.2) is 4.79 Å². The molecule has 4 heteroatoms. The zero-order valence-electron chi connectivity index (χ0n) is 13.2. The largest absolute Gasteiger partial charge is 0.376 e. The Morgan fingerprint density at radius 2 is 2.00 bits per heavy atom. The molecule has 0 bridgehead atoms. The summed E-state index contributed by atoms with van der Waals surface area (Å²) in [6.07, 6.45) is 4.92. The summed E-state index contributed by atoms with van der Waals surface area (Å²) in [6, 6.07) is 10.3. The maximum absolute atomic E-state index is 12.1. The number of rotatable bonds is 6. The molecule has 1 aliphatic heterocycles. The number of ether oxygens (including phenoxy) is 1. The highest BCUT2D eigenvalue weighted by molar-refractivity contribution is 5.74. The highest BCUT2D eigenvalue weighted by Gasteiger charge is 2.27. The number of likely N-dealkylation sites (tertiary alicyclic amines) is 1. The zero-order valence-corrected chi connectivity index (χ0v) is 13.2. The lowest BCUT2D eigenvalue weighted by atomic mass is 9.85. The van der Waals surface area contributed by atoms with E-state index in [1.807, 2.05) is 23.1 Å². The molecule has 1 saturated carbocycles. The van der Waals surface area contributed by atoms with E-state index < -0.39 is 0 Å². The molecular weight excluding hydrogens is 276 g/mol. The van der Waals surface area contributed by atoms with Crippen LogP contribution in [0.1, 0.15) is 31.2 Å². The number of amides is 2. The molecule has 0 radical (unpaired) electrons. The van der Waals surface area contributed by atoms with Gasteiger partial charge in [-0.3, -0.25) is 0 Å². The first-order valence-electron chi connectivity index (χ1n) is 8.45. The second kappa shape index (κ2) is 7.63. The van der Waals surface area contributed by atoms with Crippen molar-refractivity contribution < 1.29 is 9.53 Å². The highest BCUT2D eigenvalue weighted by Crippen LogP contribution is 2.25. The van der Waals surface area contributed by atoms with Crippen molar-refractivity contribution in [2.45, 2.75) is 32.3 Å². The fourth-order valence-electron chi connectivity index (χ4n) is 3.11. The van der Waals surface area contributed by atoms with Crippen molar-refractivity contribution >= 4 is 6.03 Å². The molecule has 2 amide bonds. The predicted molar refractivity (Wildman–Crippen MR) is 86.5 cm³/mol. The summed E-state index contributed by atoms with van der Waals surface area (Å²) in [5.74, 6) is 1.19. The van der Waals surface area contributed by atoms with Gasteiger partial charge in [0.1, 0.15) is 0 Å². The molecule has 1 aromatic rings. The summed E-state index contributed by atoms with van der Waals surface area (Å²) in [7, 11) is 0. The first-order valence-corrected chi connectivity index (χ1v) is 8.45. The number of nitrogens with zero attached hydrogens (tertiary/aromatic N) is 1. The molecule has 1 saturated heterocycles. The third kappa shape index (κ3) is 4.23. The maximum Gasteiger partial charge on any atom is 0.317 e. The lowest BCUT2D eigenvalue weighted by Crippen LogP contribution is -2.41. The Labute approximate surface area is 132 Å². The van der Waals surface area contributed by atoms with Gasteiger partial charge in [0.05, 0.1) is 13.2 Å². The van der Waals surface area contributed by atoms with Gasteiger partial charge in [0.15, 0.2) is 0 Å². The monoisotopic (exact) mass is 302 g/mol. The third-order valence-corrected chi connectivity index (χ3v) is 4.80. The van der Waals surface area contributed by atoms with Gasteiger partial charge in [-0.15, -0.1) is 0 Å². The Hall–Kier alpha value is -1.55. The number of nitrogens with one attached hydrogen (secondary N) is 1. The smallest absolute Gasteiger partial charge is 0.317 e. The fourth-order valence-corrected chi connectivity index (χ4v) is 3.11. The standard InChI is InChI=1S/C18H26N2O2/c21-18(19-11-15-7-4-8-15)20-10-9-17(12-20)14-22-13-16-5-2-1-3-6-16/h1-3,5-6,15,17H,4,7-14H2,(H,19,21). The Bertz CT molecular complexity index is 473. The van der Waals surface area contributed by atoms with Crippen LogP contribution in [0.4, 0.5) is 4.79 Å². The number of urea groups is 1. The molecule has 120 valence electrons. The van der Waals surface area contributed by atoms with Gasteiger partial charge in [0.2, 0.25) is 0 Å². The Morgan fingerprint density at radius 1 is 1.18 bits per heavy atom. The number of carbonyl (C=O) groups is 1. The van der Waals surface area contributed by atoms with Gasteiger partial charge in [-0.2, -0.15) is 0 Å². The Morgan fingerprint density at radius 3 is 2.73 bits per heavy atom. The van der Waals surface area contributed by atoms with E-state index in [1.54, 1.807) is 0 Å². The second-order valence-electron chi connectivity index (χ2n) is 6.58. The highest BCUT2D eigenvalue weighted by atomic mass is 16.5. The molecule has 1 heterocycles. The van der Waals surface area contributed by atoms with E-state index in [1.165, 1.54) is 24.8 Å². The van der Waals surface area contributed by atoms with E-state index in [0.717, 1.165) is 38.6 Å². The Kier molecular flexibility index (Phi) is 5.33. The van der Waals surface area contributed by atoms with E-state index in [2.05, 4.69) is 17.4 Å². The summed E-state index contributed by atoms with van der Waals surface area (Å²) >= 11 is 0. The molecule has 22 heavy (non-hydrogen) atoms. The molecule has 3 rings (SSSR count). The van der Waals surface area contributed by atoms with Crippen LogP contribution in [-0.2, 0) is 11.3 Å². The average molecular weight is 302 g/mol. The van der Waals surface area contributed by atoms with Gasteiger partial charge in [-0.05, 0) is 30.7 Å². The molecule has 0 spiro atoms. The molecule has 1 aliphatic carbocycles. The normalized spacial score (nSPS) is 21.6. The molecule has 2 fully saturated rings. The van der Waals surface area contributed by atoms with Crippen LogP contribution in [0.5, 0.6) is 0 Å². The van der Waals surface area contributed by atoms with Crippen LogP contribution in [0, 0.1) is 11.8 Å². The lowest BCUT2D eigenvalue weighted by molar-refractivity contribution is 0.0897. The van der Waals surface area contributed by atoms with Gasteiger partial charge in [-0.1, -0.05) is 36.8 Å². The van der Waals surface area contributed by atoms with Crippen molar-refractivity contribution in [3.05, 3.63) is 35.9 Å². The molecule has 2 aliphatic rings. The van der Waals surface area contributed by atoms with Crippen molar-refractivity contribution in [3.8, 4) is 0 Å². The number of benzene rings is 1. The molecule has 0 aromatic heterocycles. The minimum atomic E-state index is 0.109. The van der Waals surface area contributed by atoms with Crippen molar-refractivity contribution in [1.29, 1.82) is 0 Å². The first kappa shape index (κ1) is 15.3. The zero-order chi connectivity index (χ0) is 15.2. The van der Waals surface area contributed by atoms with Gasteiger partial charge in [0.25, 0.3) is 0 Å². The van der Waals surface area contributed by atoms with Gasteiger partial charge >= 0.3 is 6.03 Å². The minimum Gasteiger partial charge on any atom is -0.376 e. The molecule has 1 atom stereocenters. The number of hydrogen-bond acceptors (Lipinski definition) is 2. The number of hydrogen-bond donors (Lipinski definition) is 1. The predicted octanol–water partition coefficient (Wildman–Crippen LogP) is 3.03. The van der Waals surface area contributed by atoms with Gasteiger partial charge < -0.3 is 15.0 Å².